The molecule has 1 amide bonds. The van der Waals surface area contributed by atoms with E-state index in [9.17, 15) is 23.8 Å². The van der Waals surface area contributed by atoms with Gasteiger partial charge in [-0.25, -0.2) is 4.79 Å². The number of amides is 1. The highest BCUT2D eigenvalue weighted by Gasteiger charge is 2.42. The molecule has 0 radical (unpaired) electrons. The number of unbranched alkanes of at least 4 members (excludes halogenated alkanes) is 1. The Morgan fingerprint density at radius 1 is 1.12 bits per heavy atom. The Kier molecular flexibility index (Phi) is 10.3. The Balaban J connectivity index is 1.87. The number of hydrogen-bond donors (Lipinski definition) is 1. The average Bonchev–Trinajstić information content (AvgIpc) is 3.21. The molecule has 0 aliphatic carbocycles. The minimum atomic E-state index is -3.71. The standard InChI is InChI=1S/C24H36NO8P/c1-24(2,3)23(28)33-17-32-22(27)20-14-19(31-4)15-25(20)21(26)16-34(29,30)13-9-8-12-18-10-6-5-7-11-18/h5-7,10-11,19-20H,8-9,12-17H2,1-4H3,(H,29,30)/t19-,20+/m1/s1. The summed E-state index contributed by atoms with van der Waals surface area (Å²) in [4.78, 5) is 48.8. The first-order valence-electron chi connectivity index (χ1n) is 11.4. The summed E-state index contributed by atoms with van der Waals surface area (Å²) in [6.45, 7) is 4.57. The summed E-state index contributed by atoms with van der Waals surface area (Å²) >= 11 is 0. The maximum absolute atomic E-state index is 12.8. The number of ether oxygens (including phenoxy) is 3. The smallest absolute Gasteiger partial charge is 0.331 e. The molecule has 9 nitrogen and oxygen atoms in total. The van der Waals surface area contributed by atoms with Crippen molar-refractivity contribution < 1.29 is 38.1 Å². The normalized spacial score (nSPS) is 20.0. The Labute approximate surface area is 201 Å². The van der Waals surface area contributed by atoms with Crippen LogP contribution in [0, 0.1) is 5.41 Å². The SMILES string of the molecule is CO[C@@H]1C[C@@H](C(=O)OCOC(=O)C(C)(C)C)N(C(=O)CP(=O)(O)CCCCc2ccccc2)C1. The van der Waals surface area contributed by atoms with Crippen LogP contribution in [0.5, 0.6) is 0 Å². The predicted molar refractivity (Wildman–Crippen MR) is 126 cm³/mol. The average molecular weight is 498 g/mol. The molecular formula is C24H36NO8P. The molecular weight excluding hydrogens is 461 g/mol. The Morgan fingerprint density at radius 3 is 2.41 bits per heavy atom. The number of rotatable bonds is 11. The summed E-state index contributed by atoms with van der Waals surface area (Å²) in [6.07, 6.45) is 1.33. The van der Waals surface area contributed by atoms with Gasteiger partial charge >= 0.3 is 11.9 Å². The summed E-state index contributed by atoms with van der Waals surface area (Å²) in [7, 11) is -2.25. The van der Waals surface area contributed by atoms with Crippen LogP contribution in [-0.2, 0) is 39.6 Å². The van der Waals surface area contributed by atoms with Crippen LogP contribution in [-0.4, -0.2) is 72.6 Å². The lowest BCUT2D eigenvalue weighted by molar-refractivity contribution is -0.176. The number of benzene rings is 1. The largest absolute Gasteiger partial charge is 0.427 e. The van der Waals surface area contributed by atoms with Gasteiger partial charge in [0.25, 0.3) is 0 Å². The van der Waals surface area contributed by atoms with Crippen molar-refractivity contribution in [1.82, 2.24) is 4.90 Å². The van der Waals surface area contributed by atoms with Gasteiger partial charge in [0.1, 0.15) is 12.2 Å². The van der Waals surface area contributed by atoms with E-state index in [0.717, 1.165) is 18.4 Å². The van der Waals surface area contributed by atoms with E-state index in [-0.39, 0.29) is 19.1 Å². The summed E-state index contributed by atoms with van der Waals surface area (Å²) in [6, 6.07) is 8.87. The van der Waals surface area contributed by atoms with E-state index in [0.29, 0.717) is 6.42 Å². The molecule has 0 spiro atoms. The van der Waals surface area contributed by atoms with Crippen molar-refractivity contribution in [3.05, 3.63) is 35.9 Å². The van der Waals surface area contributed by atoms with Crippen LogP contribution < -0.4 is 0 Å². The first-order chi connectivity index (χ1) is 15.9. The second kappa shape index (κ2) is 12.5. The maximum Gasteiger partial charge on any atom is 0.331 e. The molecule has 1 heterocycles. The first-order valence-corrected chi connectivity index (χ1v) is 13.5. The van der Waals surface area contributed by atoms with Crippen molar-refractivity contribution in [3.8, 4) is 0 Å². The van der Waals surface area contributed by atoms with Crippen molar-refractivity contribution >= 4 is 25.2 Å². The minimum absolute atomic E-state index is 0.0327. The fourth-order valence-electron chi connectivity index (χ4n) is 3.63. The lowest BCUT2D eigenvalue weighted by Crippen LogP contribution is -2.43. The third-order valence-electron chi connectivity index (χ3n) is 5.64. The van der Waals surface area contributed by atoms with Gasteiger partial charge in [0.05, 0.1) is 11.5 Å². The molecule has 1 aliphatic rings. The quantitative estimate of drug-likeness (QED) is 0.215. The van der Waals surface area contributed by atoms with Gasteiger partial charge in [-0.15, -0.1) is 0 Å². The number of carbonyl (C=O) groups is 3. The van der Waals surface area contributed by atoms with Gasteiger partial charge in [0, 0.05) is 26.2 Å². The van der Waals surface area contributed by atoms with Crippen molar-refractivity contribution in [1.29, 1.82) is 0 Å². The molecule has 1 aromatic carbocycles. The highest BCUT2D eigenvalue weighted by Crippen LogP contribution is 2.42. The molecule has 1 fully saturated rings. The lowest BCUT2D eigenvalue weighted by atomic mass is 9.98. The zero-order chi connectivity index (χ0) is 25.4. The van der Waals surface area contributed by atoms with E-state index >= 15 is 0 Å². The van der Waals surface area contributed by atoms with Crippen molar-refractivity contribution in [2.24, 2.45) is 5.41 Å². The monoisotopic (exact) mass is 497 g/mol. The molecule has 1 N–H and O–H groups in total. The number of aryl methyl sites for hydroxylation is 1. The molecule has 1 unspecified atom stereocenters. The molecule has 1 aromatic rings. The highest BCUT2D eigenvalue weighted by molar-refractivity contribution is 7.58. The van der Waals surface area contributed by atoms with E-state index in [2.05, 4.69) is 0 Å². The topological polar surface area (TPSA) is 119 Å². The molecule has 34 heavy (non-hydrogen) atoms. The summed E-state index contributed by atoms with van der Waals surface area (Å²) in [5, 5.41) is 0. The minimum Gasteiger partial charge on any atom is -0.427 e. The van der Waals surface area contributed by atoms with Crippen molar-refractivity contribution in [3.63, 3.8) is 0 Å². The van der Waals surface area contributed by atoms with E-state index in [1.165, 1.54) is 12.0 Å². The van der Waals surface area contributed by atoms with Crippen molar-refractivity contribution in [2.45, 2.75) is 58.6 Å². The van der Waals surface area contributed by atoms with Gasteiger partial charge in [-0.05, 0) is 45.6 Å². The van der Waals surface area contributed by atoms with Gasteiger partial charge in [-0.1, -0.05) is 30.3 Å². The summed E-state index contributed by atoms with van der Waals surface area (Å²) in [5.74, 6) is -1.87. The molecule has 0 aromatic heterocycles. The Morgan fingerprint density at radius 2 is 1.79 bits per heavy atom. The number of hydrogen-bond acceptors (Lipinski definition) is 7. The molecule has 1 saturated heterocycles. The van der Waals surface area contributed by atoms with E-state index in [1.54, 1.807) is 20.8 Å². The first kappa shape index (κ1) is 28.0. The zero-order valence-corrected chi connectivity index (χ0v) is 21.3. The van der Waals surface area contributed by atoms with Gasteiger partial charge in [0.2, 0.25) is 20.1 Å². The van der Waals surface area contributed by atoms with Crippen LogP contribution in [0.1, 0.15) is 45.6 Å². The maximum atomic E-state index is 12.8. The molecule has 0 bridgehead atoms. The second-order valence-corrected chi connectivity index (χ2v) is 12.0. The molecule has 0 saturated carbocycles. The van der Waals surface area contributed by atoms with Gasteiger partial charge in [-0.2, -0.15) is 0 Å². The lowest BCUT2D eigenvalue weighted by Gasteiger charge is -2.24. The van der Waals surface area contributed by atoms with E-state index in [4.69, 9.17) is 14.2 Å². The van der Waals surface area contributed by atoms with Crippen LogP contribution in [0.15, 0.2) is 30.3 Å². The van der Waals surface area contributed by atoms with Gasteiger partial charge in [0.15, 0.2) is 0 Å². The van der Waals surface area contributed by atoms with E-state index < -0.39 is 55.7 Å². The Bertz CT molecular complexity index is 883. The van der Waals surface area contributed by atoms with Crippen LogP contribution >= 0.6 is 7.37 Å². The van der Waals surface area contributed by atoms with Crippen LogP contribution in [0.4, 0.5) is 0 Å². The predicted octanol–water partition coefficient (Wildman–Crippen LogP) is 2.99. The molecule has 2 rings (SSSR count). The van der Waals surface area contributed by atoms with Crippen molar-refractivity contribution in [2.75, 3.05) is 32.8 Å². The fraction of sp³-hybridized carbons (Fsp3) is 0.625. The zero-order valence-electron chi connectivity index (χ0n) is 20.4. The number of esters is 2. The van der Waals surface area contributed by atoms with Crippen LogP contribution in [0.3, 0.4) is 0 Å². The molecule has 190 valence electrons. The number of likely N-dealkylation sites (tertiary alicyclic amines) is 1. The van der Waals surface area contributed by atoms with Gasteiger partial charge < -0.3 is 24.0 Å². The third-order valence-corrected chi connectivity index (χ3v) is 7.42. The van der Waals surface area contributed by atoms with E-state index in [1.807, 2.05) is 30.3 Å². The fourth-order valence-corrected chi connectivity index (χ4v) is 5.12. The highest BCUT2D eigenvalue weighted by atomic mass is 31.2. The number of carbonyl (C=O) groups excluding carboxylic acids is 3. The molecule has 1 aliphatic heterocycles. The number of methoxy groups -OCH3 is 1. The van der Waals surface area contributed by atoms with Crippen LogP contribution in [0.2, 0.25) is 0 Å². The van der Waals surface area contributed by atoms with Gasteiger partial charge in [-0.3, -0.25) is 14.2 Å². The third kappa shape index (κ3) is 8.85. The summed E-state index contributed by atoms with van der Waals surface area (Å²) < 4.78 is 28.0. The number of nitrogens with zero attached hydrogens (tertiary/aromatic N) is 1. The molecule has 10 heteroatoms. The van der Waals surface area contributed by atoms with Crippen LogP contribution in [0.25, 0.3) is 0 Å². The summed E-state index contributed by atoms with van der Waals surface area (Å²) in [5.41, 5.74) is 0.412. The Hall–Kier alpha value is -2.22. The molecule has 3 atom stereocenters. The second-order valence-electron chi connectivity index (χ2n) is 9.59.